The molecule has 88 valence electrons. The van der Waals surface area contributed by atoms with Crippen LogP contribution in [0, 0.1) is 0 Å². The van der Waals surface area contributed by atoms with Crippen LogP contribution in [0.5, 0.6) is 5.75 Å². The molecule has 0 unspecified atom stereocenters. The Morgan fingerprint density at radius 1 is 1.12 bits per heavy atom. The van der Waals surface area contributed by atoms with Crippen LogP contribution in [-0.4, -0.2) is 17.1 Å². The van der Waals surface area contributed by atoms with Gasteiger partial charge in [-0.25, -0.2) is 9.97 Å². The predicted molar refractivity (Wildman–Crippen MR) is 68.1 cm³/mol. The van der Waals surface area contributed by atoms with E-state index in [-0.39, 0.29) is 0 Å². The summed E-state index contributed by atoms with van der Waals surface area (Å²) in [4.78, 5) is 8.83. The fourth-order valence-electron chi connectivity index (χ4n) is 1.66. The van der Waals surface area contributed by atoms with Crippen molar-refractivity contribution in [1.29, 1.82) is 0 Å². The molecule has 2 aromatic rings. The van der Waals surface area contributed by atoms with E-state index in [0.29, 0.717) is 5.92 Å². The number of nitrogens with zero attached hydrogens (tertiary/aromatic N) is 2. The van der Waals surface area contributed by atoms with Crippen LogP contribution in [0.4, 0.5) is 0 Å². The maximum atomic E-state index is 5.34. The second kappa shape index (κ2) is 4.95. The second-order valence-corrected chi connectivity index (χ2v) is 4.16. The first kappa shape index (κ1) is 11.6. The molecular weight excluding hydrogens is 212 g/mol. The van der Waals surface area contributed by atoms with Crippen molar-refractivity contribution in [1.82, 2.24) is 9.97 Å². The van der Waals surface area contributed by atoms with Crippen molar-refractivity contribution in [3.8, 4) is 17.0 Å². The lowest BCUT2D eigenvalue weighted by Gasteiger charge is -2.09. The Hall–Kier alpha value is -1.90. The van der Waals surface area contributed by atoms with Crippen molar-refractivity contribution in [2.24, 2.45) is 0 Å². The van der Waals surface area contributed by atoms with E-state index in [1.807, 2.05) is 30.3 Å². The molecule has 0 atom stereocenters. The Labute approximate surface area is 102 Å². The third kappa shape index (κ3) is 2.44. The van der Waals surface area contributed by atoms with Gasteiger partial charge in [0.05, 0.1) is 12.8 Å². The fraction of sp³-hybridized carbons (Fsp3) is 0.286. The Kier molecular flexibility index (Phi) is 3.38. The minimum atomic E-state index is 0.324. The van der Waals surface area contributed by atoms with Crippen LogP contribution in [0.1, 0.15) is 25.6 Å². The van der Waals surface area contributed by atoms with Crippen LogP contribution >= 0.6 is 0 Å². The number of hydrogen-bond donors (Lipinski definition) is 0. The lowest BCUT2D eigenvalue weighted by molar-refractivity contribution is 0.416. The monoisotopic (exact) mass is 228 g/mol. The van der Waals surface area contributed by atoms with Gasteiger partial charge in [-0.1, -0.05) is 26.0 Å². The standard InChI is InChI=1S/C14H16N2O/c1-10(2)14-15-9-8-12(16-14)11-6-4-5-7-13(11)17-3/h4-10H,1-3H3. The number of aromatic nitrogens is 2. The highest BCUT2D eigenvalue weighted by atomic mass is 16.5. The molecule has 0 aliphatic rings. The first-order chi connectivity index (χ1) is 8.22. The van der Waals surface area contributed by atoms with Gasteiger partial charge in [0.15, 0.2) is 0 Å². The highest BCUT2D eigenvalue weighted by molar-refractivity contribution is 5.66. The molecule has 17 heavy (non-hydrogen) atoms. The molecule has 0 spiro atoms. The molecule has 0 aliphatic carbocycles. The molecule has 0 saturated carbocycles. The first-order valence-corrected chi connectivity index (χ1v) is 5.68. The molecule has 2 rings (SSSR count). The van der Waals surface area contributed by atoms with E-state index in [1.54, 1.807) is 13.3 Å². The topological polar surface area (TPSA) is 35.0 Å². The molecule has 0 fully saturated rings. The van der Waals surface area contributed by atoms with Crippen LogP contribution in [0.3, 0.4) is 0 Å². The van der Waals surface area contributed by atoms with Gasteiger partial charge in [-0.05, 0) is 18.2 Å². The van der Waals surface area contributed by atoms with Gasteiger partial charge in [0.1, 0.15) is 11.6 Å². The van der Waals surface area contributed by atoms with E-state index in [2.05, 4.69) is 23.8 Å². The summed E-state index contributed by atoms with van der Waals surface area (Å²) in [7, 11) is 1.67. The maximum Gasteiger partial charge on any atom is 0.131 e. The Balaban J connectivity index is 2.49. The molecule has 0 saturated heterocycles. The third-order valence-electron chi connectivity index (χ3n) is 2.57. The van der Waals surface area contributed by atoms with E-state index in [9.17, 15) is 0 Å². The summed E-state index contributed by atoms with van der Waals surface area (Å²) < 4.78 is 5.34. The zero-order valence-corrected chi connectivity index (χ0v) is 10.3. The average molecular weight is 228 g/mol. The molecular formula is C14H16N2O. The summed E-state index contributed by atoms with van der Waals surface area (Å²) in [6.45, 7) is 4.17. The Morgan fingerprint density at radius 2 is 1.88 bits per heavy atom. The smallest absolute Gasteiger partial charge is 0.131 e. The van der Waals surface area contributed by atoms with Crippen LogP contribution in [0.2, 0.25) is 0 Å². The van der Waals surface area contributed by atoms with Gasteiger partial charge in [-0.2, -0.15) is 0 Å². The summed E-state index contributed by atoms with van der Waals surface area (Å²) >= 11 is 0. The minimum absolute atomic E-state index is 0.324. The molecule has 0 N–H and O–H groups in total. The minimum Gasteiger partial charge on any atom is -0.496 e. The van der Waals surface area contributed by atoms with Gasteiger partial charge in [0.2, 0.25) is 0 Å². The van der Waals surface area contributed by atoms with E-state index in [1.165, 1.54) is 0 Å². The van der Waals surface area contributed by atoms with Gasteiger partial charge in [0, 0.05) is 17.7 Å². The third-order valence-corrected chi connectivity index (χ3v) is 2.57. The zero-order chi connectivity index (χ0) is 12.3. The van der Waals surface area contributed by atoms with Crippen molar-refractivity contribution in [2.75, 3.05) is 7.11 Å². The molecule has 0 bridgehead atoms. The van der Waals surface area contributed by atoms with Crippen molar-refractivity contribution < 1.29 is 4.74 Å². The normalized spacial score (nSPS) is 10.6. The van der Waals surface area contributed by atoms with Crippen LogP contribution < -0.4 is 4.74 Å². The maximum absolute atomic E-state index is 5.34. The molecule has 1 heterocycles. The van der Waals surface area contributed by atoms with Gasteiger partial charge in [0.25, 0.3) is 0 Å². The van der Waals surface area contributed by atoms with Crippen LogP contribution in [0.15, 0.2) is 36.5 Å². The molecule has 1 aromatic heterocycles. The van der Waals surface area contributed by atoms with Crippen molar-refractivity contribution >= 4 is 0 Å². The van der Waals surface area contributed by atoms with Crippen LogP contribution in [-0.2, 0) is 0 Å². The first-order valence-electron chi connectivity index (χ1n) is 5.68. The number of ether oxygens (including phenoxy) is 1. The molecule has 1 aromatic carbocycles. The summed E-state index contributed by atoms with van der Waals surface area (Å²) in [6.07, 6.45) is 1.80. The quantitative estimate of drug-likeness (QED) is 0.808. The fourth-order valence-corrected chi connectivity index (χ4v) is 1.66. The molecule has 3 nitrogen and oxygen atoms in total. The van der Waals surface area contributed by atoms with Crippen molar-refractivity contribution in [2.45, 2.75) is 19.8 Å². The average Bonchev–Trinajstić information content (AvgIpc) is 2.39. The summed E-state index contributed by atoms with van der Waals surface area (Å²) in [5.74, 6) is 2.01. The molecule has 0 radical (unpaired) electrons. The van der Waals surface area contributed by atoms with Gasteiger partial charge in [-0.15, -0.1) is 0 Å². The van der Waals surface area contributed by atoms with E-state index in [4.69, 9.17) is 4.74 Å². The number of benzene rings is 1. The highest BCUT2D eigenvalue weighted by Gasteiger charge is 2.08. The molecule has 0 aliphatic heterocycles. The SMILES string of the molecule is COc1ccccc1-c1ccnc(C(C)C)n1. The van der Waals surface area contributed by atoms with Crippen molar-refractivity contribution in [3.05, 3.63) is 42.4 Å². The Morgan fingerprint density at radius 3 is 2.59 bits per heavy atom. The van der Waals surface area contributed by atoms with Gasteiger partial charge < -0.3 is 4.74 Å². The largest absolute Gasteiger partial charge is 0.496 e. The number of rotatable bonds is 3. The number of methoxy groups -OCH3 is 1. The Bertz CT molecular complexity index is 509. The predicted octanol–water partition coefficient (Wildman–Crippen LogP) is 3.28. The summed E-state index contributed by atoms with van der Waals surface area (Å²) in [6, 6.07) is 9.78. The van der Waals surface area contributed by atoms with Gasteiger partial charge >= 0.3 is 0 Å². The lowest BCUT2D eigenvalue weighted by Crippen LogP contribution is -1.98. The zero-order valence-electron chi connectivity index (χ0n) is 10.3. The lowest BCUT2D eigenvalue weighted by atomic mass is 10.1. The number of hydrogen-bond acceptors (Lipinski definition) is 3. The van der Waals surface area contributed by atoms with Crippen LogP contribution in [0.25, 0.3) is 11.3 Å². The number of para-hydroxylation sites is 1. The van der Waals surface area contributed by atoms with E-state index >= 15 is 0 Å². The summed E-state index contributed by atoms with van der Waals surface area (Å²) in [5.41, 5.74) is 1.90. The van der Waals surface area contributed by atoms with Gasteiger partial charge in [-0.3, -0.25) is 0 Å². The summed E-state index contributed by atoms with van der Waals surface area (Å²) in [5, 5.41) is 0. The van der Waals surface area contributed by atoms with E-state index < -0.39 is 0 Å². The highest BCUT2D eigenvalue weighted by Crippen LogP contribution is 2.28. The van der Waals surface area contributed by atoms with E-state index in [0.717, 1.165) is 22.8 Å². The second-order valence-electron chi connectivity index (χ2n) is 4.16. The van der Waals surface area contributed by atoms with Crippen molar-refractivity contribution in [3.63, 3.8) is 0 Å². The molecule has 0 amide bonds. The molecule has 3 heteroatoms.